The summed E-state index contributed by atoms with van der Waals surface area (Å²) in [5.41, 5.74) is 0.488. The molecule has 0 aromatic heterocycles. The predicted octanol–water partition coefficient (Wildman–Crippen LogP) is 0.838. The number of carboxylic acids is 1. The fourth-order valence-electron chi connectivity index (χ4n) is 1.45. The van der Waals surface area contributed by atoms with Gasteiger partial charge in [0.25, 0.3) is 0 Å². The van der Waals surface area contributed by atoms with E-state index in [0.717, 1.165) is 0 Å². The third-order valence-corrected chi connectivity index (χ3v) is 2.30. The molecule has 1 atom stereocenters. The van der Waals surface area contributed by atoms with E-state index in [9.17, 15) is 9.90 Å². The molecule has 1 rings (SSSR count). The van der Waals surface area contributed by atoms with Gasteiger partial charge in [-0.2, -0.15) is 0 Å². The zero-order chi connectivity index (χ0) is 13.5. The number of aliphatic hydroxyl groups excluding tert-OH is 1. The van der Waals surface area contributed by atoms with Crippen LogP contribution in [0, 0.1) is 0 Å². The Morgan fingerprint density at radius 2 is 2.06 bits per heavy atom. The van der Waals surface area contributed by atoms with Gasteiger partial charge in [0.05, 0.1) is 20.8 Å². The third kappa shape index (κ3) is 3.90. The Hall–Kier alpha value is -1.79. The maximum atomic E-state index is 10.3. The van der Waals surface area contributed by atoms with Crippen molar-refractivity contribution in [2.45, 2.75) is 6.10 Å². The average Bonchev–Trinajstić information content (AvgIpc) is 2.37. The van der Waals surface area contributed by atoms with Crippen LogP contribution in [-0.2, 0) is 9.53 Å². The molecular formula is C12H16O6. The zero-order valence-corrected chi connectivity index (χ0v) is 10.3. The van der Waals surface area contributed by atoms with Crippen LogP contribution in [-0.4, -0.2) is 43.6 Å². The number of rotatable bonds is 7. The van der Waals surface area contributed by atoms with Crippen LogP contribution in [0.1, 0.15) is 11.7 Å². The summed E-state index contributed by atoms with van der Waals surface area (Å²) < 4.78 is 15.0. The summed E-state index contributed by atoms with van der Waals surface area (Å²) in [6.45, 7) is -0.584. The van der Waals surface area contributed by atoms with Crippen molar-refractivity contribution in [1.82, 2.24) is 0 Å². The molecule has 0 amide bonds. The SMILES string of the molecule is COc1ccc(OC)c(C(O)COCC(=O)O)c1. The summed E-state index contributed by atoms with van der Waals surface area (Å²) >= 11 is 0. The van der Waals surface area contributed by atoms with Crippen molar-refractivity contribution in [3.05, 3.63) is 23.8 Å². The van der Waals surface area contributed by atoms with E-state index in [1.54, 1.807) is 18.2 Å². The number of ether oxygens (including phenoxy) is 3. The first-order valence-corrected chi connectivity index (χ1v) is 5.28. The minimum absolute atomic E-state index is 0.129. The molecule has 0 saturated heterocycles. The standard InChI is InChI=1S/C12H16O6/c1-16-8-3-4-11(17-2)9(5-8)10(13)6-18-7-12(14)15/h3-5,10,13H,6-7H2,1-2H3,(H,14,15). The van der Waals surface area contributed by atoms with Crippen molar-refractivity contribution < 1.29 is 29.2 Å². The van der Waals surface area contributed by atoms with Gasteiger partial charge in [-0.15, -0.1) is 0 Å². The van der Waals surface area contributed by atoms with Crippen LogP contribution in [0.25, 0.3) is 0 Å². The minimum Gasteiger partial charge on any atom is -0.497 e. The lowest BCUT2D eigenvalue weighted by Crippen LogP contribution is -2.13. The molecule has 0 saturated carbocycles. The van der Waals surface area contributed by atoms with Gasteiger partial charge in [-0.3, -0.25) is 0 Å². The van der Waals surface area contributed by atoms with E-state index >= 15 is 0 Å². The Morgan fingerprint density at radius 1 is 1.33 bits per heavy atom. The number of aliphatic hydroxyl groups is 1. The number of benzene rings is 1. The van der Waals surface area contributed by atoms with Gasteiger partial charge >= 0.3 is 5.97 Å². The second-order valence-electron chi connectivity index (χ2n) is 3.53. The van der Waals surface area contributed by atoms with Crippen molar-refractivity contribution in [2.75, 3.05) is 27.4 Å². The van der Waals surface area contributed by atoms with E-state index in [1.165, 1.54) is 14.2 Å². The van der Waals surface area contributed by atoms with Crippen molar-refractivity contribution in [2.24, 2.45) is 0 Å². The highest BCUT2D eigenvalue weighted by molar-refractivity contribution is 5.68. The average molecular weight is 256 g/mol. The number of carboxylic acid groups (broad SMARTS) is 1. The smallest absolute Gasteiger partial charge is 0.329 e. The molecule has 0 spiro atoms. The topological polar surface area (TPSA) is 85.2 Å². The molecule has 0 fully saturated rings. The van der Waals surface area contributed by atoms with E-state index in [-0.39, 0.29) is 6.61 Å². The molecule has 0 heterocycles. The molecule has 18 heavy (non-hydrogen) atoms. The highest BCUT2D eigenvalue weighted by Crippen LogP contribution is 2.29. The zero-order valence-electron chi connectivity index (χ0n) is 10.3. The number of methoxy groups -OCH3 is 2. The molecule has 6 heteroatoms. The second-order valence-corrected chi connectivity index (χ2v) is 3.53. The van der Waals surface area contributed by atoms with Crippen molar-refractivity contribution in [1.29, 1.82) is 0 Å². The first-order valence-electron chi connectivity index (χ1n) is 5.28. The Morgan fingerprint density at radius 3 is 2.61 bits per heavy atom. The van der Waals surface area contributed by atoms with Crippen LogP contribution in [0.3, 0.4) is 0 Å². The van der Waals surface area contributed by atoms with Gasteiger partial charge in [0.15, 0.2) is 0 Å². The second kappa shape index (κ2) is 6.83. The van der Waals surface area contributed by atoms with Crippen LogP contribution in [0.15, 0.2) is 18.2 Å². The number of hydrogen-bond acceptors (Lipinski definition) is 5. The first-order chi connectivity index (χ1) is 8.58. The lowest BCUT2D eigenvalue weighted by molar-refractivity contribution is -0.143. The summed E-state index contributed by atoms with van der Waals surface area (Å²) in [4.78, 5) is 10.3. The number of carbonyl (C=O) groups is 1. The summed E-state index contributed by atoms with van der Waals surface area (Å²) in [6, 6.07) is 4.98. The van der Waals surface area contributed by atoms with Crippen LogP contribution < -0.4 is 9.47 Å². The van der Waals surface area contributed by atoms with Gasteiger partial charge in [0, 0.05) is 5.56 Å². The van der Waals surface area contributed by atoms with Crippen molar-refractivity contribution >= 4 is 5.97 Å². The van der Waals surface area contributed by atoms with Gasteiger partial charge in [0.1, 0.15) is 24.2 Å². The monoisotopic (exact) mass is 256 g/mol. The van der Waals surface area contributed by atoms with Gasteiger partial charge in [0.2, 0.25) is 0 Å². The maximum Gasteiger partial charge on any atom is 0.329 e. The quantitative estimate of drug-likeness (QED) is 0.752. The Balaban J connectivity index is 2.75. The number of hydrogen-bond donors (Lipinski definition) is 2. The van der Waals surface area contributed by atoms with Crippen LogP contribution in [0.5, 0.6) is 11.5 Å². The largest absolute Gasteiger partial charge is 0.497 e. The highest BCUT2D eigenvalue weighted by atomic mass is 16.5. The molecule has 0 radical (unpaired) electrons. The van der Waals surface area contributed by atoms with Gasteiger partial charge < -0.3 is 24.4 Å². The van der Waals surface area contributed by atoms with E-state index in [1.807, 2.05) is 0 Å². The van der Waals surface area contributed by atoms with Crippen LogP contribution in [0.2, 0.25) is 0 Å². The van der Waals surface area contributed by atoms with Gasteiger partial charge in [-0.25, -0.2) is 4.79 Å². The normalized spacial score (nSPS) is 11.9. The summed E-state index contributed by atoms with van der Waals surface area (Å²) in [7, 11) is 3.00. The van der Waals surface area contributed by atoms with Crippen LogP contribution >= 0.6 is 0 Å². The lowest BCUT2D eigenvalue weighted by atomic mass is 10.1. The maximum absolute atomic E-state index is 10.3. The predicted molar refractivity (Wildman–Crippen MR) is 63.0 cm³/mol. The van der Waals surface area contributed by atoms with E-state index in [4.69, 9.17) is 19.3 Å². The molecule has 100 valence electrons. The van der Waals surface area contributed by atoms with E-state index < -0.39 is 18.7 Å². The number of aliphatic carboxylic acids is 1. The molecule has 0 aliphatic carbocycles. The molecule has 6 nitrogen and oxygen atoms in total. The third-order valence-electron chi connectivity index (χ3n) is 2.30. The van der Waals surface area contributed by atoms with Crippen molar-refractivity contribution in [3.63, 3.8) is 0 Å². The van der Waals surface area contributed by atoms with E-state index in [2.05, 4.69) is 0 Å². The summed E-state index contributed by atoms with van der Waals surface area (Å²) in [6.07, 6.45) is -0.977. The molecule has 1 aromatic rings. The fourth-order valence-corrected chi connectivity index (χ4v) is 1.45. The minimum atomic E-state index is -1.08. The first kappa shape index (κ1) is 14.3. The summed E-state index contributed by atoms with van der Waals surface area (Å²) in [5, 5.41) is 18.3. The molecule has 1 aromatic carbocycles. The van der Waals surface area contributed by atoms with Gasteiger partial charge in [-0.05, 0) is 18.2 Å². The molecule has 0 bridgehead atoms. The highest BCUT2D eigenvalue weighted by Gasteiger charge is 2.15. The lowest BCUT2D eigenvalue weighted by Gasteiger charge is -2.15. The van der Waals surface area contributed by atoms with Crippen LogP contribution in [0.4, 0.5) is 0 Å². The van der Waals surface area contributed by atoms with E-state index in [0.29, 0.717) is 17.1 Å². The molecular weight excluding hydrogens is 240 g/mol. The Labute approximate surface area is 105 Å². The summed E-state index contributed by atoms with van der Waals surface area (Å²) in [5.74, 6) is -0.0230. The molecule has 0 aliphatic rings. The molecule has 1 unspecified atom stereocenters. The Bertz CT molecular complexity index is 404. The Kier molecular flexibility index (Phi) is 5.41. The van der Waals surface area contributed by atoms with Gasteiger partial charge in [-0.1, -0.05) is 0 Å². The fraction of sp³-hybridized carbons (Fsp3) is 0.417. The molecule has 0 aliphatic heterocycles. The molecule has 2 N–H and O–H groups in total. The van der Waals surface area contributed by atoms with Crippen molar-refractivity contribution in [3.8, 4) is 11.5 Å².